The first kappa shape index (κ1) is 16.5. The summed E-state index contributed by atoms with van der Waals surface area (Å²) < 4.78 is 5.60. The average molecular weight is 288 g/mol. The van der Waals surface area contributed by atoms with Crippen molar-refractivity contribution < 1.29 is 4.74 Å². The van der Waals surface area contributed by atoms with Crippen molar-refractivity contribution in [1.82, 2.24) is 0 Å². The third-order valence-corrected chi connectivity index (χ3v) is 5.55. The summed E-state index contributed by atoms with van der Waals surface area (Å²) in [6, 6.07) is 0. The lowest BCUT2D eigenvalue weighted by Crippen LogP contribution is -2.21. The quantitative estimate of drug-likeness (QED) is 0.460. The lowest BCUT2D eigenvalue weighted by atomic mass is 9.80. The van der Waals surface area contributed by atoms with Crippen molar-refractivity contribution in [1.29, 1.82) is 0 Å². The van der Waals surface area contributed by atoms with Crippen LogP contribution in [0.3, 0.4) is 0 Å². The van der Waals surface area contributed by atoms with Gasteiger partial charge >= 0.3 is 0 Å². The molecule has 0 aromatic rings. The van der Waals surface area contributed by atoms with Crippen molar-refractivity contribution in [2.45, 2.75) is 77.9 Å². The monoisotopic (exact) mass is 288 g/mol. The van der Waals surface area contributed by atoms with Gasteiger partial charge in [0, 0.05) is 0 Å². The van der Waals surface area contributed by atoms with Crippen LogP contribution in [0.1, 0.15) is 66.2 Å². The summed E-state index contributed by atoms with van der Waals surface area (Å²) in [5, 5.41) is 0. The summed E-state index contributed by atoms with van der Waals surface area (Å²) in [6.45, 7) is 16.7. The highest BCUT2D eigenvalue weighted by molar-refractivity contribution is 5.10. The van der Waals surface area contributed by atoms with Gasteiger partial charge in [-0.25, -0.2) is 0 Å². The molecular formula is C20H32O. The Morgan fingerprint density at radius 3 is 2.33 bits per heavy atom. The second-order valence-corrected chi connectivity index (χ2v) is 7.60. The third kappa shape index (κ3) is 4.32. The van der Waals surface area contributed by atoms with Gasteiger partial charge in [-0.2, -0.15) is 0 Å². The number of rotatable bonds is 2. The highest BCUT2D eigenvalue weighted by Gasteiger charge is 2.55. The first-order chi connectivity index (χ1) is 9.82. The second kappa shape index (κ2) is 6.52. The van der Waals surface area contributed by atoms with Gasteiger partial charge in [-0.05, 0) is 78.1 Å². The minimum atomic E-state index is 0.270. The Hall–Kier alpha value is -0.820. The molecule has 1 nitrogen and oxygen atoms in total. The van der Waals surface area contributed by atoms with E-state index >= 15 is 0 Å². The van der Waals surface area contributed by atoms with Crippen LogP contribution in [-0.2, 0) is 4.74 Å². The molecule has 118 valence electrons. The maximum Gasteiger partial charge on any atom is 0.0920 e. The largest absolute Gasteiger partial charge is 0.366 e. The maximum absolute atomic E-state index is 5.60. The summed E-state index contributed by atoms with van der Waals surface area (Å²) in [4.78, 5) is 0. The Morgan fingerprint density at radius 2 is 1.86 bits per heavy atom. The molecule has 4 atom stereocenters. The number of allylic oxidation sites excluding steroid dienone is 4. The normalized spacial score (nSPS) is 37.5. The lowest BCUT2D eigenvalue weighted by molar-refractivity contribution is 0.303. The van der Waals surface area contributed by atoms with Crippen LogP contribution >= 0.6 is 0 Å². The van der Waals surface area contributed by atoms with E-state index in [0.717, 1.165) is 11.8 Å². The second-order valence-electron chi connectivity index (χ2n) is 7.60. The number of fused-ring (bicyclic) bond motifs is 1. The van der Waals surface area contributed by atoms with Crippen molar-refractivity contribution in [2.75, 3.05) is 0 Å². The standard InChI is InChI=1S/C10H16O.C10H16/c1-7(2)8-4-5-10(3)9(6-8)11-10;1-8(2)10-6-4-9(3)5-7-10/h8-9H,1,4-6H2,2-3H3;4,10H,1,5-7H2,2-3H3. The molecule has 0 aromatic heterocycles. The van der Waals surface area contributed by atoms with E-state index in [1.165, 1.54) is 49.7 Å². The predicted molar refractivity (Wildman–Crippen MR) is 91.3 cm³/mol. The summed E-state index contributed by atoms with van der Waals surface area (Å²) in [5.41, 5.74) is 4.51. The zero-order valence-electron chi connectivity index (χ0n) is 14.4. The van der Waals surface area contributed by atoms with E-state index < -0.39 is 0 Å². The summed E-state index contributed by atoms with van der Waals surface area (Å²) in [7, 11) is 0. The summed E-state index contributed by atoms with van der Waals surface area (Å²) in [6.07, 6.45) is 10.4. The van der Waals surface area contributed by atoms with Crippen LogP contribution in [0.4, 0.5) is 0 Å². The van der Waals surface area contributed by atoms with Gasteiger partial charge in [0.15, 0.2) is 0 Å². The minimum absolute atomic E-state index is 0.270. The molecule has 1 heteroatoms. The van der Waals surface area contributed by atoms with Gasteiger partial charge in [0.1, 0.15) is 0 Å². The molecule has 1 heterocycles. The van der Waals surface area contributed by atoms with Gasteiger partial charge in [0.05, 0.1) is 11.7 Å². The van der Waals surface area contributed by atoms with E-state index in [1.807, 2.05) is 0 Å². The Morgan fingerprint density at radius 1 is 1.19 bits per heavy atom. The van der Waals surface area contributed by atoms with Crippen molar-refractivity contribution in [3.05, 3.63) is 36.0 Å². The highest BCUT2D eigenvalue weighted by atomic mass is 16.6. The number of hydrogen-bond acceptors (Lipinski definition) is 1. The SMILES string of the molecule is C=C(C)C1CC=C(C)CC1.C=C(C)C1CCC2(C)OC2C1. The molecule has 3 aliphatic rings. The maximum atomic E-state index is 5.60. The molecule has 1 aliphatic heterocycles. The van der Waals surface area contributed by atoms with Crippen LogP contribution in [0.5, 0.6) is 0 Å². The van der Waals surface area contributed by atoms with E-state index in [0.29, 0.717) is 6.10 Å². The zero-order valence-corrected chi connectivity index (χ0v) is 14.4. The van der Waals surface area contributed by atoms with Crippen LogP contribution in [-0.4, -0.2) is 11.7 Å². The number of hydrogen-bond donors (Lipinski definition) is 0. The molecule has 21 heavy (non-hydrogen) atoms. The predicted octanol–water partition coefficient (Wildman–Crippen LogP) is 5.83. The van der Waals surface area contributed by atoms with Crippen LogP contribution in [0, 0.1) is 11.8 Å². The molecule has 0 spiro atoms. The van der Waals surface area contributed by atoms with Crippen LogP contribution < -0.4 is 0 Å². The van der Waals surface area contributed by atoms with Crippen molar-refractivity contribution >= 4 is 0 Å². The molecular weight excluding hydrogens is 256 g/mol. The molecule has 1 saturated carbocycles. The first-order valence-electron chi connectivity index (χ1n) is 8.46. The van der Waals surface area contributed by atoms with Gasteiger partial charge in [-0.15, -0.1) is 0 Å². The molecule has 4 unspecified atom stereocenters. The fourth-order valence-electron chi connectivity index (χ4n) is 3.51. The van der Waals surface area contributed by atoms with Crippen molar-refractivity contribution in [2.24, 2.45) is 11.8 Å². The van der Waals surface area contributed by atoms with E-state index in [4.69, 9.17) is 4.74 Å². The van der Waals surface area contributed by atoms with E-state index in [2.05, 4.69) is 46.9 Å². The number of ether oxygens (including phenoxy) is 1. The Kier molecular flexibility index (Phi) is 5.14. The molecule has 3 rings (SSSR count). The first-order valence-corrected chi connectivity index (χ1v) is 8.46. The molecule has 0 amide bonds. The van der Waals surface area contributed by atoms with Gasteiger partial charge in [0.2, 0.25) is 0 Å². The number of epoxide rings is 1. The molecule has 2 aliphatic carbocycles. The Labute approximate surface area is 131 Å². The van der Waals surface area contributed by atoms with Crippen molar-refractivity contribution in [3.8, 4) is 0 Å². The Bertz CT molecular complexity index is 445. The fourth-order valence-corrected chi connectivity index (χ4v) is 3.51. The molecule has 0 bridgehead atoms. The third-order valence-electron chi connectivity index (χ3n) is 5.55. The van der Waals surface area contributed by atoms with Crippen molar-refractivity contribution in [3.63, 3.8) is 0 Å². The smallest absolute Gasteiger partial charge is 0.0920 e. The molecule has 1 saturated heterocycles. The zero-order chi connectivity index (χ0) is 15.6. The molecule has 2 fully saturated rings. The Balaban J connectivity index is 0.000000155. The van der Waals surface area contributed by atoms with Crippen LogP contribution in [0.25, 0.3) is 0 Å². The van der Waals surface area contributed by atoms with E-state index in [1.54, 1.807) is 5.57 Å². The molecule has 0 radical (unpaired) electrons. The summed E-state index contributed by atoms with van der Waals surface area (Å²) in [5.74, 6) is 1.50. The fraction of sp³-hybridized carbons (Fsp3) is 0.700. The van der Waals surface area contributed by atoms with Crippen LogP contribution in [0.2, 0.25) is 0 Å². The average Bonchev–Trinajstić information content (AvgIpc) is 3.10. The molecule has 0 N–H and O–H groups in total. The van der Waals surface area contributed by atoms with E-state index in [-0.39, 0.29) is 5.60 Å². The highest BCUT2D eigenvalue weighted by Crippen LogP contribution is 2.50. The minimum Gasteiger partial charge on any atom is -0.366 e. The van der Waals surface area contributed by atoms with Gasteiger partial charge in [-0.1, -0.05) is 36.0 Å². The molecule has 0 aromatic carbocycles. The lowest BCUT2D eigenvalue weighted by Gasteiger charge is -2.22. The van der Waals surface area contributed by atoms with Gasteiger partial charge in [-0.3, -0.25) is 0 Å². The van der Waals surface area contributed by atoms with E-state index in [9.17, 15) is 0 Å². The van der Waals surface area contributed by atoms with Gasteiger partial charge in [0.25, 0.3) is 0 Å². The van der Waals surface area contributed by atoms with Gasteiger partial charge < -0.3 is 4.74 Å². The van der Waals surface area contributed by atoms with Crippen LogP contribution in [0.15, 0.2) is 36.0 Å². The summed E-state index contributed by atoms with van der Waals surface area (Å²) >= 11 is 0. The topological polar surface area (TPSA) is 12.5 Å².